The number of benzene rings is 2. The predicted octanol–water partition coefficient (Wildman–Crippen LogP) is 1.24. The van der Waals surface area contributed by atoms with Crippen molar-refractivity contribution < 1.29 is 18.3 Å². The van der Waals surface area contributed by atoms with Crippen molar-refractivity contribution in [2.75, 3.05) is 0 Å². The van der Waals surface area contributed by atoms with Gasteiger partial charge in [-0.15, -0.1) is 0 Å². The molecule has 28 heavy (non-hydrogen) atoms. The lowest BCUT2D eigenvalue weighted by Gasteiger charge is -2.05. The fourth-order valence-corrected chi connectivity index (χ4v) is 3.46. The molecule has 1 heterocycles. The van der Waals surface area contributed by atoms with Crippen LogP contribution in [-0.4, -0.2) is 29.6 Å². The number of phenolic OH excluding ortho intramolecular Hbond substituents is 1. The maximum atomic E-state index is 12.0. The highest BCUT2D eigenvalue weighted by Crippen LogP contribution is 2.19. The van der Waals surface area contributed by atoms with E-state index in [1.54, 1.807) is 36.4 Å². The fraction of sp³-hybridized carbons (Fsp3) is 0.158. The van der Waals surface area contributed by atoms with Crippen LogP contribution in [0.25, 0.3) is 0 Å². The van der Waals surface area contributed by atoms with Crippen molar-refractivity contribution in [2.45, 2.75) is 24.2 Å². The van der Waals surface area contributed by atoms with Gasteiger partial charge in [0.1, 0.15) is 5.75 Å². The first kappa shape index (κ1) is 19.6. The monoisotopic (exact) mass is 400 g/mol. The van der Waals surface area contributed by atoms with Crippen LogP contribution >= 0.6 is 0 Å². The number of primary amides is 1. The number of carbonyl (C=O) groups excluding carboxylic acids is 1. The van der Waals surface area contributed by atoms with E-state index in [0.29, 0.717) is 36.2 Å². The minimum Gasteiger partial charge on any atom is -0.508 e. The summed E-state index contributed by atoms with van der Waals surface area (Å²) < 4.78 is 22.7. The molecule has 0 spiro atoms. The molecule has 0 saturated carbocycles. The number of aryl methyl sites for hydroxylation is 2. The Bertz CT molecular complexity index is 1090. The van der Waals surface area contributed by atoms with E-state index in [1.807, 2.05) is 0 Å². The maximum absolute atomic E-state index is 12.0. The molecule has 2 aromatic carbocycles. The van der Waals surface area contributed by atoms with Gasteiger partial charge in [0.15, 0.2) is 0 Å². The molecule has 146 valence electrons. The number of sulfonamides is 1. The van der Waals surface area contributed by atoms with Crippen LogP contribution in [-0.2, 0) is 29.3 Å². The molecule has 0 fully saturated rings. The van der Waals surface area contributed by atoms with Crippen molar-refractivity contribution in [3.8, 4) is 5.75 Å². The topological polar surface area (TPSA) is 152 Å². The van der Waals surface area contributed by atoms with Crippen molar-refractivity contribution in [2.24, 2.45) is 10.9 Å². The molecule has 6 N–H and O–H groups in total. The number of hydrogen-bond donors (Lipinski definition) is 4. The van der Waals surface area contributed by atoms with Gasteiger partial charge in [-0.3, -0.25) is 9.89 Å². The largest absolute Gasteiger partial charge is 0.508 e. The Morgan fingerprint density at radius 2 is 1.61 bits per heavy atom. The molecule has 0 aliphatic heterocycles. The van der Waals surface area contributed by atoms with Crippen molar-refractivity contribution in [3.05, 3.63) is 76.6 Å². The first-order chi connectivity index (χ1) is 13.2. The van der Waals surface area contributed by atoms with Gasteiger partial charge in [-0.05, 0) is 48.2 Å². The summed E-state index contributed by atoms with van der Waals surface area (Å²) in [6.45, 7) is 0. The molecular weight excluding hydrogens is 380 g/mol. The number of nitrogens with zero attached hydrogens (tertiary/aromatic N) is 1. The lowest BCUT2D eigenvalue weighted by molar-refractivity contribution is 0.0998. The first-order valence-corrected chi connectivity index (χ1v) is 10.0. The number of nitrogens with one attached hydrogen (secondary N) is 1. The number of aromatic amines is 1. The smallest absolute Gasteiger partial charge is 0.252 e. The van der Waals surface area contributed by atoms with Gasteiger partial charge in [0.25, 0.3) is 5.91 Å². The average Bonchev–Trinajstić information content (AvgIpc) is 3.04. The molecule has 0 aliphatic rings. The van der Waals surface area contributed by atoms with Crippen molar-refractivity contribution >= 4 is 15.9 Å². The summed E-state index contributed by atoms with van der Waals surface area (Å²) in [6.07, 6.45) is 1.48. The SMILES string of the molecule is NC(=O)c1c(CCc2ccc(O)cc2)n[nH]c1Cc1ccc(S(N)(=O)=O)cc1. The highest BCUT2D eigenvalue weighted by atomic mass is 32.2. The second-order valence-corrected chi connectivity index (χ2v) is 7.98. The van der Waals surface area contributed by atoms with E-state index in [4.69, 9.17) is 10.9 Å². The molecule has 1 amide bonds. The molecule has 0 bridgehead atoms. The van der Waals surface area contributed by atoms with E-state index in [9.17, 15) is 18.3 Å². The Morgan fingerprint density at radius 1 is 1.00 bits per heavy atom. The van der Waals surface area contributed by atoms with Gasteiger partial charge in [-0.1, -0.05) is 24.3 Å². The van der Waals surface area contributed by atoms with Crippen molar-refractivity contribution in [3.63, 3.8) is 0 Å². The predicted molar refractivity (Wildman–Crippen MR) is 103 cm³/mol. The fourth-order valence-electron chi connectivity index (χ4n) is 2.95. The molecule has 0 unspecified atom stereocenters. The third kappa shape index (κ3) is 4.56. The van der Waals surface area contributed by atoms with E-state index >= 15 is 0 Å². The van der Waals surface area contributed by atoms with Gasteiger partial charge in [0, 0.05) is 6.42 Å². The standard InChI is InChI=1S/C19H20N4O4S/c20-19(25)18-16(10-5-12-1-6-14(24)7-2-12)22-23-17(18)11-13-3-8-15(9-4-13)28(21,26)27/h1-4,6-9,24H,5,10-11H2,(H2,20,25)(H,22,23)(H2,21,26,27). The summed E-state index contributed by atoms with van der Waals surface area (Å²) in [5, 5.41) is 21.5. The maximum Gasteiger partial charge on any atom is 0.252 e. The van der Waals surface area contributed by atoms with E-state index in [0.717, 1.165) is 11.1 Å². The summed E-state index contributed by atoms with van der Waals surface area (Å²) >= 11 is 0. The van der Waals surface area contributed by atoms with Crippen molar-refractivity contribution in [1.29, 1.82) is 0 Å². The van der Waals surface area contributed by atoms with Gasteiger partial charge < -0.3 is 10.8 Å². The van der Waals surface area contributed by atoms with Crippen LogP contribution in [0, 0.1) is 0 Å². The number of aromatic hydroxyl groups is 1. The number of aromatic nitrogens is 2. The average molecular weight is 400 g/mol. The lowest BCUT2D eigenvalue weighted by Crippen LogP contribution is -2.15. The Labute approximate surface area is 162 Å². The van der Waals surface area contributed by atoms with Crippen molar-refractivity contribution in [1.82, 2.24) is 10.2 Å². The summed E-state index contributed by atoms with van der Waals surface area (Å²) in [4.78, 5) is 12.0. The highest BCUT2D eigenvalue weighted by Gasteiger charge is 2.18. The molecule has 3 aromatic rings. The second-order valence-electron chi connectivity index (χ2n) is 6.42. The quantitative estimate of drug-likeness (QED) is 0.470. The molecule has 1 aromatic heterocycles. The minimum atomic E-state index is -3.76. The number of hydrogen-bond acceptors (Lipinski definition) is 5. The Kier molecular flexibility index (Phi) is 5.48. The number of phenols is 1. The molecule has 0 atom stereocenters. The number of amides is 1. The Hall–Kier alpha value is -3.17. The van der Waals surface area contributed by atoms with Gasteiger partial charge in [-0.25, -0.2) is 13.6 Å². The van der Waals surface area contributed by atoms with Gasteiger partial charge in [0.2, 0.25) is 10.0 Å². The zero-order valence-corrected chi connectivity index (χ0v) is 15.7. The van der Waals surface area contributed by atoms with Crippen LogP contribution in [0.3, 0.4) is 0 Å². The Morgan fingerprint density at radius 3 is 2.18 bits per heavy atom. The van der Waals surface area contributed by atoms with Gasteiger partial charge >= 0.3 is 0 Å². The summed E-state index contributed by atoms with van der Waals surface area (Å²) in [6, 6.07) is 12.9. The number of H-pyrrole nitrogens is 1. The molecule has 0 aliphatic carbocycles. The third-order valence-electron chi connectivity index (χ3n) is 4.38. The van der Waals surface area contributed by atoms with Gasteiger partial charge in [-0.2, -0.15) is 5.10 Å². The third-order valence-corrected chi connectivity index (χ3v) is 5.31. The van der Waals surface area contributed by atoms with Crippen LogP contribution in [0.1, 0.15) is 32.9 Å². The number of rotatable bonds is 7. The summed E-state index contributed by atoms with van der Waals surface area (Å²) in [5.74, 6) is -0.386. The van der Waals surface area contributed by atoms with E-state index < -0.39 is 15.9 Å². The molecule has 0 saturated heterocycles. The zero-order valence-electron chi connectivity index (χ0n) is 14.9. The molecular formula is C19H20N4O4S. The number of carbonyl (C=O) groups is 1. The lowest BCUT2D eigenvalue weighted by atomic mass is 10.0. The second kappa shape index (κ2) is 7.83. The van der Waals surface area contributed by atoms with E-state index in [2.05, 4.69) is 10.2 Å². The summed E-state index contributed by atoms with van der Waals surface area (Å²) in [5.41, 5.74) is 8.81. The minimum absolute atomic E-state index is 0.0190. The first-order valence-electron chi connectivity index (χ1n) is 8.49. The van der Waals surface area contributed by atoms with E-state index in [1.165, 1.54) is 12.1 Å². The highest BCUT2D eigenvalue weighted by molar-refractivity contribution is 7.89. The van der Waals surface area contributed by atoms with Crippen LogP contribution in [0.5, 0.6) is 5.75 Å². The van der Waals surface area contributed by atoms with Crippen LogP contribution in [0.4, 0.5) is 0 Å². The number of nitrogens with two attached hydrogens (primary N) is 2. The molecule has 0 radical (unpaired) electrons. The summed E-state index contributed by atoms with van der Waals surface area (Å²) in [7, 11) is -3.76. The van der Waals surface area contributed by atoms with Gasteiger partial charge in [0.05, 0.1) is 21.8 Å². The Balaban J connectivity index is 1.78. The normalized spacial score (nSPS) is 11.5. The molecule has 8 nitrogen and oxygen atoms in total. The molecule has 3 rings (SSSR count). The van der Waals surface area contributed by atoms with Crippen LogP contribution in [0.15, 0.2) is 53.4 Å². The zero-order chi connectivity index (χ0) is 20.3. The van der Waals surface area contributed by atoms with Crippen LogP contribution in [0.2, 0.25) is 0 Å². The number of primary sulfonamides is 1. The molecule has 9 heteroatoms. The van der Waals surface area contributed by atoms with E-state index in [-0.39, 0.29) is 10.6 Å². The van der Waals surface area contributed by atoms with Crippen LogP contribution < -0.4 is 10.9 Å².